The number of amides is 1. The molecule has 2 rings (SSSR count). The molecule has 1 heterocycles. The van der Waals surface area contributed by atoms with Gasteiger partial charge in [0.15, 0.2) is 5.76 Å². The average Bonchev–Trinajstić information content (AvgIpc) is 2.43. The predicted molar refractivity (Wildman–Crippen MR) is 74.1 cm³/mol. The molecule has 0 aromatic heterocycles. The van der Waals surface area contributed by atoms with Crippen molar-refractivity contribution >= 4 is 11.9 Å². The minimum absolute atomic E-state index is 0.143. The number of benzene rings is 1. The van der Waals surface area contributed by atoms with E-state index in [0.29, 0.717) is 19.5 Å². The molecule has 0 radical (unpaired) electrons. The summed E-state index contributed by atoms with van der Waals surface area (Å²) in [5.41, 5.74) is 4.96. The molecule has 1 aromatic carbocycles. The fraction of sp³-hybridized carbons (Fsp3) is 0.333. The van der Waals surface area contributed by atoms with E-state index in [1.54, 1.807) is 0 Å². The highest BCUT2D eigenvalue weighted by Crippen LogP contribution is 2.19. The second-order valence-corrected chi connectivity index (χ2v) is 4.73. The van der Waals surface area contributed by atoms with Gasteiger partial charge < -0.3 is 4.74 Å². The van der Waals surface area contributed by atoms with Crippen molar-refractivity contribution < 1.29 is 14.3 Å². The fourth-order valence-corrected chi connectivity index (χ4v) is 2.01. The van der Waals surface area contributed by atoms with E-state index < -0.39 is 5.97 Å². The van der Waals surface area contributed by atoms with Gasteiger partial charge in [-0.2, -0.15) is 0 Å². The summed E-state index contributed by atoms with van der Waals surface area (Å²) in [5, 5.41) is 1.50. The summed E-state index contributed by atoms with van der Waals surface area (Å²) in [6.45, 7) is 4.23. The smallest absolute Gasteiger partial charge is 0.308 e. The van der Waals surface area contributed by atoms with Crippen molar-refractivity contribution in [3.05, 3.63) is 47.2 Å². The molecule has 1 aliphatic rings. The van der Waals surface area contributed by atoms with Gasteiger partial charge in [0, 0.05) is 20.0 Å². The first-order chi connectivity index (χ1) is 9.58. The van der Waals surface area contributed by atoms with E-state index in [0.717, 1.165) is 11.1 Å². The molecule has 106 valence electrons. The molecular formula is C15H18N2O3. The number of nitrogens with zero attached hydrogens (tertiary/aromatic N) is 1. The quantitative estimate of drug-likeness (QED) is 0.850. The summed E-state index contributed by atoms with van der Waals surface area (Å²) >= 11 is 0. The first-order valence-corrected chi connectivity index (χ1v) is 6.55. The molecule has 0 saturated heterocycles. The summed E-state index contributed by atoms with van der Waals surface area (Å²) in [6, 6.07) is 9.80. The molecule has 0 unspecified atom stereocenters. The van der Waals surface area contributed by atoms with E-state index in [4.69, 9.17) is 4.74 Å². The highest BCUT2D eigenvalue weighted by Gasteiger charge is 2.27. The van der Waals surface area contributed by atoms with Crippen LogP contribution >= 0.6 is 0 Å². The lowest BCUT2D eigenvalue weighted by atomic mass is 10.1. The molecule has 0 saturated carbocycles. The Balaban J connectivity index is 2.00. The lowest BCUT2D eigenvalue weighted by molar-refractivity contribution is -0.146. The van der Waals surface area contributed by atoms with Crippen LogP contribution < -0.4 is 5.43 Å². The Labute approximate surface area is 118 Å². The Bertz CT molecular complexity index is 537. The van der Waals surface area contributed by atoms with Gasteiger partial charge in [0.05, 0.1) is 0 Å². The van der Waals surface area contributed by atoms with Crippen LogP contribution in [0.2, 0.25) is 0 Å². The average molecular weight is 274 g/mol. The lowest BCUT2D eigenvalue weighted by Gasteiger charge is -2.29. The van der Waals surface area contributed by atoms with E-state index in [-0.39, 0.29) is 11.7 Å². The second-order valence-electron chi connectivity index (χ2n) is 4.73. The molecule has 20 heavy (non-hydrogen) atoms. The fourth-order valence-electron chi connectivity index (χ4n) is 2.01. The van der Waals surface area contributed by atoms with E-state index in [1.165, 1.54) is 11.9 Å². The number of carbonyl (C=O) groups is 2. The van der Waals surface area contributed by atoms with Crippen LogP contribution in [0, 0.1) is 0 Å². The first kappa shape index (κ1) is 14.3. The molecule has 1 amide bonds. The van der Waals surface area contributed by atoms with Crippen LogP contribution in [0.5, 0.6) is 0 Å². The maximum absolute atomic E-state index is 12.2. The van der Waals surface area contributed by atoms with Crippen molar-refractivity contribution in [2.45, 2.75) is 26.8 Å². The summed E-state index contributed by atoms with van der Waals surface area (Å²) in [4.78, 5) is 23.3. The highest BCUT2D eigenvalue weighted by molar-refractivity contribution is 5.94. The third-order valence-corrected chi connectivity index (χ3v) is 3.10. The van der Waals surface area contributed by atoms with Crippen LogP contribution in [0.15, 0.2) is 41.7 Å². The number of rotatable bonds is 4. The van der Waals surface area contributed by atoms with Crippen molar-refractivity contribution in [2.24, 2.45) is 0 Å². The SMILES string of the molecule is CC(=O)OC1=C(C)CCN(NCc2ccccc2)C1=O. The van der Waals surface area contributed by atoms with Gasteiger partial charge in [0.25, 0.3) is 0 Å². The van der Waals surface area contributed by atoms with Crippen LogP contribution in [0.1, 0.15) is 25.8 Å². The number of esters is 1. The monoisotopic (exact) mass is 274 g/mol. The summed E-state index contributed by atoms with van der Waals surface area (Å²) in [5.74, 6) is -0.623. The van der Waals surface area contributed by atoms with Crippen LogP contribution in [-0.4, -0.2) is 23.4 Å². The van der Waals surface area contributed by atoms with Crippen LogP contribution in [-0.2, 0) is 20.9 Å². The zero-order valence-corrected chi connectivity index (χ0v) is 11.7. The largest absolute Gasteiger partial charge is 0.421 e. The molecule has 0 fully saturated rings. The van der Waals surface area contributed by atoms with Gasteiger partial charge in [0.1, 0.15) is 0 Å². The van der Waals surface area contributed by atoms with Gasteiger partial charge in [-0.1, -0.05) is 30.3 Å². The Hall–Kier alpha value is -2.14. The molecule has 0 spiro atoms. The third kappa shape index (κ3) is 3.45. The molecule has 1 aliphatic heterocycles. The number of ether oxygens (including phenoxy) is 1. The number of hydrogen-bond donors (Lipinski definition) is 1. The van der Waals surface area contributed by atoms with Gasteiger partial charge >= 0.3 is 11.9 Å². The van der Waals surface area contributed by atoms with E-state index >= 15 is 0 Å². The van der Waals surface area contributed by atoms with Gasteiger partial charge in [-0.25, -0.2) is 5.43 Å². The van der Waals surface area contributed by atoms with Crippen molar-refractivity contribution in [3.63, 3.8) is 0 Å². The summed E-state index contributed by atoms with van der Waals surface area (Å²) in [6.07, 6.45) is 0.691. The van der Waals surface area contributed by atoms with Crippen LogP contribution in [0.25, 0.3) is 0 Å². The number of hydrogen-bond acceptors (Lipinski definition) is 4. The summed E-state index contributed by atoms with van der Waals surface area (Å²) in [7, 11) is 0. The van der Waals surface area contributed by atoms with E-state index in [1.807, 2.05) is 37.3 Å². The molecule has 5 heteroatoms. The van der Waals surface area contributed by atoms with Gasteiger partial charge in [-0.15, -0.1) is 0 Å². The van der Waals surface area contributed by atoms with E-state index in [9.17, 15) is 9.59 Å². The maximum Gasteiger partial charge on any atom is 0.308 e. The minimum Gasteiger partial charge on any atom is -0.421 e. The first-order valence-electron chi connectivity index (χ1n) is 6.55. The van der Waals surface area contributed by atoms with Gasteiger partial charge in [-0.05, 0) is 24.5 Å². The lowest BCUT2D eigenvalue weighted by Crippen LogP contribution is -2.46. The minimum atomic E-state index is -0.474. The predicted octanol–water partition coefficient (Wildman–Crippen LogP) is 1.76. The standard InChI is InChI=1S/C15H18N2O3/c1-11-8-9-17(15(19)14(11)20-12(2)18)16-10-13-6-4-3-5-7-13/h3-7,16H,8-10H2,1-2H3. The van der Waals surface area contributed by atoms with Crippen LogP contribution in [0.4, 0.5) is 0 Å². The number of nitrogens with one attached hydrogen (secondary N) is 1. The summed E-state index contributed by atoms with van der Waals surface area (Å²) < 4.78 is 5.01. The van der Waals surface area contributed by atoms with Gasteiger partial charge in [0.2, 0.25) is 0 Å². The van der Waals surface area contributed by atoms with E-state index in [2.05, 4.69) is 5.43 Å². The Morgan fingerprint density at radius 3 is 2.70 bits per heavy atom. The molecule has 1 aromatic rings. The van der Waals surface area contributed by atoms with Gasteiger partial charge in [-0.3, -0.25) is 14.6 Å². The molecule has 1 N–H and O–H groups in total. The second kappa shape index (κ2) is 6.34. The van der Waals surface area contributed by atoms with Crippen LogP contribution in [0.3, 0.4) is 0 Å². The zero-order valence-electron chi connectivity index (χ0n) is 11.7. The Morgan fingerprint density at radius 1 is 1.35 bits per heavy atom. The zero-order chi connectivity index (χ0) is 14.5. The number of hydrazine groups is 1. The molecule has 0 atom stereocenters. The topological polar surface area (TPSA) is 58.6 Å². The highest BCUT2D eigenvalue weighted by atomic mass is 16.5. The molecule has 0 aliphatic carbocycles. The Kier molecular flexibility index (Phi) is 4.53. The third-order valence-electron chi connectivity index (χ3n) is 3.10. The van der Waals surface area contributed by atoms with Crippen molar-refractivity contribution in [2.75, 3.05) is 6.54 Å². The normalized spacial score (nSPS) is 15.5. The molecular weight excluding hydrogens is 256 g/mol. The maximum atomic E-state index is 12.2. The molecule has 0 bridgehead atoms. The van der Waals surface area contributed by atoms with Crippen molar-refractivity contribution in [1.82, 2.24) is 10.4 Å². The number of carbonyl (C=O) groups excluding carboxylic acids is 2. The molecule has 5 nitrogen and oxygen atoms in total. The van der Waals surface area contributed by atoms with Crippen molar-refractivity contribution in [1.29, 1.82) is 0 Å². The van der Waals surface area contributed by atoms with Crippen molar-refractivity contribution in [3.8, 4) is 0 Å². The Morgan fingerprint density at radius 2 is 2.05 bits per heavy atom.